The van der Waals surface area contributed by atoms with Gasteiger partial charge in [0.05, 0.1) is 6.54 Å². The summed E-state index contributed by atoms with van der Waals surface area (Å²) in [5.74, 6) is 0.673. The molecule has 0 bridgehead atoms. The highest BCUT2D eigenvalue weighted by Gasteiger charge is 2.44. The molecule has 0 aliphatic heterocycles. The van der Waals surface area contributed by atoms with Crippen LogP contribution in [0.3, 0.4) is 0 Å². The quantitative estimate of drug-likeness (QED) is 0.828. The summed E-state index contributed by atoms with van der Waals surface area (Å²) < 4.78 is 2.15. The van der Waals surface area contributed by atoms with Crippen molar-refractivity contribution < 1.29 is 5.11 Å². The van der Waals surface area contributed by atoms with Crippen LogP contribution >= 0.6 is 23.8 Å². The molecule has 4 nitrogen and oxygen atoms in total. The van der Waals surface area contributed by atoms with E-state index in [0.29, 0.717) is 22.3 Å². The molecule has 2 atom stereocenters. The maximum Gasteiger partial charge on any atom is 0.215 e. The van der Waals surface area contributed by atoms with E-state index in [4.69, 9.17) is 23.8 Å². The van der Waals surface area contributed by atoms with Crippen molar-refractivity contribution in [2.75, 3.05) is 0 Å². The number of rotatable bonds is 5. The lowest BCUT2D eigenvalue weighted by Crippen LogP contribution is -2.39. The monoisotopic (exact) mass is 323 g/mol. The molecular formula is C15H18ClN3OS. The highest BCUT2D eigenvalue weighted by Crippen LogP contribution is 2.46. The summed E-state index contributed by atoms with van der Waals surface area (Å²) >= 11 is 11.3. The Morgan fingerprint density at radius 1 is 1.57 bits per heavy atom. The number of halogens is 1. The van der Waals surface area contributed by atoms with Crippen LogP contribution in [-0.2, 0) is 12.1 Å². The molecule has 1 heterocycles. The fourth-order valence-corrected chi connectivity index (χ4v) is 3.24. The number of H-pyrrole nitrogens is 1. The Hall–Kier alpha value is -1.17. The molecular weight excluding hydrogens is 306 g/mol. The number of hydrogen-bond donors (Lipinski definition) is 2. The number of aliphatic hydroxyl groups is 1. The minimum atomic E-state index is -1.02. The Balaban J connectivity index is 2.02. The molecule has 1 aliphatic rings. The first-order valence-electron chi connectivity index (χ1n) is 7.09. The van der Waals surface area contributed by atoms with Crippen LogP contribution in [0, 0.1) is 16.6 Å². The third-order valence-electron chi connectivity index (χ3n) is 4.43. The first kappa shape index (κ1) is 14.8. The zero-order valence-electron chi connectivity index (χ0n) is 11.8. The van der Waals surface area contributed by atoms with Crippen molar-refractivity contribution >= 4 is 23.8 Å². The van der Waals surface area contributed by atoms with Gasteiger partial charge in [0.25, 0.3) is 0 Å². The molecule has 0 saturated heterocycles. The van der Waals surface area contributed by atoms with Gasteiger partial charge in [-0.3, -0.25) is 9.78 Å². The SMILES string of the molecule is CC(C1CC1)C(O)(Cn1[nH]cnc1=S)c1cccc(Cl)c1. The smallest absolute Gasteiger partial charge is 0.215 e. The zero-order chi connectivity index (χ0) is 15.0. The third kappa shape index (κ3) is 2.91. The summed E-state index contributed by atoms with van der Waals surface area (Å²) in [5, 5.41) is 15.0. The molecule has 1 aromatic heterocycles. The number of nitrogens with one attached hydrogen (secondary N) is 1. The maximum absolute atomic E-state index is 11.4. The molecule has 112 valence electrons. The minimum Gasteiger partial charge on any atom is -0.383 e. The lowest BCUT2D eigenvalue weighted by atomic mass is 9.79. The molecule has 0 spiro atoms. The van der Waals surface area contributed by atoms with E-state index < -0.39 is 5.60 Å². The standard InChI is InChI=1S/C15H18ClN3OS/c1-10(11-5-6-11)15(20,8-19-14(21)17-9-18-19)12-3-2-4-13(16)7-12/h2-4,7,9-11,20H,5-6,8H2,1H3,(H,17,18,21). The number of benzene rings is 1. The Labute approximate surface area is 133 Å². The van der Waals surface area contributed by atoms with Crippen molar-refractivity contribution in [3.8, 4) is 0 Å². The molecule has 21 heavy (non-hydrogen) atoms. The highest BCUT2D eigenvalue weighted by atomic mass is 35.5. The van der Waals surface area contributed by atoms with Crippen LogP contribution in [0.5, 0.6) is 0 Å². The first-order valence-corrected chi connectivity index (χ1v) is 7.88. The van der Waals surface area contributed by atoms with Gasteiger partial charge in [-0.25, -0.2) is 4.98 Å². The summed E-state index contributed by atoms with van der Waals surface area (Å²) in [6.45, 7) is 2.45. The van der Waals surface area contributed by atoms with Crippen molar-refractivity contribution in [1.82, 2.24) is 14.8 Å². The molecule has 6 heteroatoms. The molecule has 3 rings (SSSR count). The Morgan fingerprint density at radius 3 is 2.90 bits per heavy atom. The first-order chi connectivity index (χ1) is 10.0. The summed E-state index contributed by atoms with van der Waals surface area (Å²) in [5.41, 5.74) is -0.192. The molecule has 1 saturated carbocycles. The Bertz CT molecular complexity index is 694. The van der Waals surface area contributed by atoms with Crippen LogP contribution < -0.4 is 0 Å². The van der Waals surface area contributed by atoms with E-state index in [1.54, 1.807) is 11.0 Å². The average Bonchev–Trinajstić information content (AvgIpc) is 3.23. The summed E-state index contributed by atoms with van der Waals surface area (Å²) in [7, 11) is 0. The van der Waals surface area contributed by atoms with Crippen LogP contribution in [-0.4, -0.2) is 19.9 Å². The zero-order valence-corrected chi connectivity index (χ0v) is 13.4. The van der Waals surface area contributed by atoms with Crippen LogP contribution in [0.15, 0.2) is 30.6 Å². The van der Waals surface area contributed by atoms with Gasteiger partial charge < -0.3 is 5.11 Å². The average molecular weight is 324 g/mol. The van der Waals surface area contributed by atoms with E-state index in [2.05, 4.69) is 17.0 Å². The number of aromatic nitrogens is 3. The van der Waals surface area contributed by atoms with E-state index in [-0.39, 0.29) is 5.92 Å². The van der Waals surface area contributed by atoms with Crippen molar-refractivity contribution in [1.29, 1.82) is 0 Å². The predicted octanol–water partition coefficient (Wildman–Crippen LogP) is 3.53. The van der Waals surface area contributed by atoms with Gasteiger partial charge in [0.15, 0.2) is 0 Å². The van der Waals surface area contributed by atoms with Crippen molar-refractivity contribution in [3.05, 3.63) is 45.9 Å². The maximum atomic E-state index is 11.4. The lowest BCUT2D eigenvalue weighted by molar-refractivity contribution is -0.0445. The summed E-state index contributed by atoms with van der Waals surface area (Å²) in [6, 6.07) is 7.44. The van der Waals surface area contributed by atoms with Gasteiger partial charge in [-0.2, -0.15) is 0 Å². The fraction of sp³-hybridized carbons (Fsp3) is 0.467. The molecule has 0 radical (unpaired) electrons. The molecule has 0 amide bonds. The molecule has 2 unspecified atom stereocenters. The largest absolute Gasteiger partial charge is 0.383 e. The van der Waals surface area contributed by atoms with Gasteiger partial charge in [0.2, 0.25) is 4.77 Å². The van der Waals surface area contributed by atoms with Gasteiger partial charge in [-0.05, 0) is 54.6 Å². The van der Waals surface area contributed by atoms with Gasteiger partial charge >= 0.3 is 0 Å². The van der Waals surface area contributed by atoms with Crippen LogP contribution in [0.4, 0.5) is 0 Å². The Morgan fingerprint density at radius 2 is 2.33 bits per heavy atom. The fourth-order valence-electron chi connectivity index (χ4n) is 2.88. The highest BCUT2D eigenvalue weighted by molar-refractivity contribution is 7.71. The van der Waals surface area contributed by atoms with Crippen molar-refractivity contribution in [2.45, 2.75) is 31.9 Å². The number of nitrogens with zero attached hydrogens (tertiary/aromatic N) is 2. The minimum absolute atomic E-state index is 0.126. The predicted molar refractivity (Wildman–Crippen MR) is 84.6 cm³/mol. The van der Waals surface area contributed by atoms with E-state index in [9.17, 15) is 5.11 Å². The second-order valence-corrected chi connectivity index (χ2v) is 6.62. The lowest BCUT2D eigenvalue weighted by Gasteiger charge is -2.35. The molecule has 1 aromatic carbocycles. The van der Waals surface area contributed by atoms with E-state index in [0.717, 1.165) is 5.56 Å². The van der Waals surface area contributed by atoms with Gasteiger partial charge in [-0.1, -0.05) is 30.7 Å². The summed E-state index contributed by atoms with van der Waals surface area (Å²) in [6.07, 6.45) is 3.87. The molecule has 1 aliphatic carbocycles. The summed E-state index contributed by atoms with van der Waals surface area (Å²) in [4.78, 5) is 4.02. The topological polar surface area (TPSA) is 53.8 Å². The second kappa shape index (κ2) is 5.55. The number of aromatic amines is 1. The third-order valence-corrected chi connectivity index (χ3v) is 4.99. The van der Waals surface area contributed by atoms with E-state index in [1.165, 1.54) is 12.8 Å². The van der Waals surface area contributed by atoms with Gasteiger partial charge in [-0.15, -0.1) is 0 Å². The molecule has 2 N–H and O–H groups in total. The Kier molecular flexibility index (Phi) is 3.90. The normalized spacial score (nSPS) is 19.2. The van der Waals surface area contributed by atoms with Crippen LogP contribution in [0.1, 0.15) is 25.3 Å². The van der Waals surface area contributed by atoms with Crippen molar-refractivity contribution in [3.63, 3.8) is 0 Å². The molecule has 2 aromatic rings. The van der Waals surface area contributed by atoms with Crippen LogP contribution in [0.2, 0.25) is 5.02 Å². The number of hydrogen-bond acceptors (Lipinski definition) is 3. The molecule has 1 fully saturated rings. The van der Waals surface area contributed by atoms with E-state index in [1.807, 2.05) is 24.3 Å². The van der Waals surface area contributed by atoms with Crippen molar-refractivity contribution in [2.24, 2.45) is 11.8 Å². The van der Waals surface area contributed by atoms with Gasteiger partial charge in [0.1, 0.15) is 11.9 Å². The van der Waals surface area contributed by atoms with E-state index >= 15 is 0 Å². The van der Waals surface area contributed by atoms with Crippen LogP contribution in [0.25, 0.3) is 0 Å². The second-order valence-electron chi connectivity index (χ2n) is 5.82. The van der Waals surface area contributed by atoms with Gasteiger partial charge in [0, 0.05) is 5.02 Å².